The van der Waals surface area contributed by atoms with E-state index in [0.29, 0.717) is 16.9 Å². The van der Waals surface area contributed by atoms with E-state index in [2.05, 4.69) is 0 Å². The molecule has 16 heavy (non-hydrogen) atoms. The van der Waals surface area contributed by atoms with Gasteiger partial charge in [0.05, 0.1) is 13.2 Å². The molecule has 1 unspecified atom stereocenters. The summed E-state index contributed by atoms with van der Waals surface area (Å²) in [5.74, 6) is 0.0642. The highest BCUT2D eigenvalue weighted by molar-refractivity contribution is 5.41. The van der Waals surface area contributed by atoms with E-state index < -0.39 is 6.10 Å². The van der Waals surface area contributed by atoms with Crippen LogP contribution < -0.4 is 10.5 Å². The Kier molecular flexibility index (Phi) is 4.26. The van der Waals surface area contributed by atoms with Gasteiger partial charge in [0, 0.05) is 18.2 Å². The van der Waals surface area contributed by atoms with Crippen LogP contribution in [-0.4, -0.2) is 18.8 Å². The Morgan fingerprint density at radius 2 is 2.00 bits per heavy atom. The Morgan fingerprint density at radius 3 is 2.44 bits per heavy atom. The van der Waals surface area contributed by atoms with Crippen LogP contribution in [0.3, 0.4) is 0 Å². The summed E-state index contributed by atoms with van der Waals surface area (Å²) in [6, 6.07) is 2.92. The third kappa shape index (κ3) is 2.51. The van der Waals surface area contributed by atoms with Gasteiger partial charge in [-0.2, -0.15) is 0 Å². The lowest BCUT2D eigenvalue weighted by Crippen LogP contribution is -2.13. The standard InChI is InChI=1S/C12H18FNO2/c1-7(2)8-4-9(11(15)6-14)12(16-3)5-10(8)13/h4-5,7,11,15H,6,14H2,1-3H3. The fraction of sp³-hybridized carbons (Fsp3) is 0.500. The molecule has 1 atom stereocenters. The molecule has 3 N–H and O–H groups in total. The molecule has 0 saturated heterocycles. The summed E-state index contributed by atoms with van der Waals surface area (Å²) in [7, 11) is 1.44. The van der Waals surface area contributed by atoms with Crippen LogP contribution in [0.15, 0.2) is 12.1 Å². The predicted octanol–water partition coefficient (Wildman–Crippen LogP) is 1.95. The second kappa shape index (κ2) is 5.27. The van der Waals surface area contributed by atoms with Crippen molar-refractivity contribution in [2.75, 3.05) is 13.7 Å². The molecule has 0 bridgehead atoms. The normalized spacial score (nSPS) is 12.9. The first-order chi connectivity index (χ1) is 7.51. The number of hydrogen-bond donors (Lipinski definition) is 2. The fourth-order valence-corrected chi connectivity index (χ4v) is 1.60. The van der Waals surface area contributed by atoms with Crippen LogP contribution in [0, 0.1) is 5.82 Å². The highest BCUT2D eigenvalue weighted by Gasteiger charge is 2.17. The van der Waals surface area contributed by atoms with Crippen molar-refractivity contribution in [2.45, 2.75) is 25.9 Å². The van der Waals surface area contributed by atoms with Gasteiger partial charge in [0.1, 0.15) is 11.6 Å². The third-order valence-corrected chi connectivity index (χ3v) is 2.55. The summed E-state index contributed by atoms with van der Waals surface area (Å²) in [6.45, 7) is 3.87. The van der Waals surface area contributed by atoms with Gasteiger partial charge in [-0.1, -0.05) is 13.8 Å². The predicted molar refractivity (Wildman–Crippen MR) is 61.1 cm³/mol. The van der Waals surface area contributed by atoms with E-state index >= 15 is 0 Å². The van der Waals surface area contributed by atoms with Crippen LogP contribution in [-0.2, 0) is 0 Å². The highest BCUT2D eigenvalue weighted by Crippen LogP contribution is 2.30. The summed E-state index contributed by atoms with van der Waals surface area (Å²) in [5.41, 5.74) is 6.49. The molecule has 1 aromatic carbocycles. The van der Waals surface area contributed by atoms with Crippen LogP contribution >= 0.6 is 0 Å². The molecule has 0 aliphatic rings. The number of hydrogen-bond acceptors (Lipinski definition) is 3. The van der Waals surface area contributed by atoms with Crippen molar-refractivity contribution in [3.63, 3.8) is 0 Å². The first-order valence-electron chi connectivity index (χ1n) is 5.26. The zero-order valence-corrected chi connectivity index (χ0v) is 9.83. The van der Waals surface area contributed by atoms with Gasteiger partial charge < -0.3 is 15.6 Å². The first kappa shape index (κ1) is 12.9. The fourth-order valence-electron chi connectivity index (χ4n) is 1.60. The molecule has 0 amide bonds. The van der Waals surface area contributed by atoms with Crippen molar-refractivity contribution in [3.05, 3.63) is 29.1 Å². The summed E-state index contributed by atoms with van der Waals surface area (Å²) in [6.07, 6.45) is -0.826. The molecular formula is C12H18FNO2. The first-order valence-corrected chi connectivity index (χ1v) is 5.26. The molecule has 1 aromatic rings. The quantitative estimate of drug-likeness (QED) is 0.826. The summed E-state index contributed by atoms with van der Waals surface area (Å²) in [4.78, 5) is 0. The van der Waals surface area contributed by atoms with E-state index in [1.165, 1.54) is 13.2 Å². The smallest absolute Gasteiger partial charge is 0.130 e. The van der Waals surface area contributed by atoms with E-state index in [1.54, 1.807) is 6.07 Å². The van der Waals surface area contributed by atoms with Crippen LogP contribution in [0.5, 0.6) is 5.75 Å². The maximum Gasteiger partial charge on any atom is 0.130 e. The average Bonchev–Trinajstić information content (AvgIpc) is 2.27. The molecule has 0 aromatic heterocycles. The van der Waals surface area contributed by atoms with Crippen LogP contribution in [0.4, 0.5) is 4.39 Å². The molecule has 1 rings (SSSR count). The van der Waals surface area contributed by atoms with Gasteiger partial charge in [0.15, 0.2) is 0 Å². The Morgan fingerprint density at radius 1 is 1.38 bits per heavy atom. The molecule has 0 saturated carbocycles. The number of ether oxygens (including phenoxy) is 1. The van der Waals surface area contributed by atoms with Crippen molar-refractivity contribution >= 4 is 0 Å². The van der Waals surface area contributed by atoms with E-state index in [9.17, 15) is 9.50 Å². The number of aliphatic hydroxyl groups excluding tert-OH is 1. The largest absolute Gasteiger partial charge is 0.496 e. The highest BCUT2D eigenvalue weighted by atomic mass is 19.1. The van der Waals surface area contributed by atoms with Crippen molar-refractivity contribution in [2.24, 2.45) is 5.73 Å². The van der Waals surface area contributed by atoms with Gasteiger partial charge in [-0.15, -0.1) is 0 Å². The number of rotatable bonds is 4. The molecule has 90 valence electrons. The molecule has 0 aliphatic carbocycles. The zero-order valence-electron chi connectivity index (χ0n) is 9.83. The van der Waals surface area contributed by atoms with Gasteiger partial charge in [0.25, 0.3) is 0 Å². The molecule has 4 heteroatoms. The minimum absolute atomic E-state index is 0.0506. The van der Waals surface area contributed by atoms with Gasteiger partial charge in [-0.3, -0.25) is 0 Å². The van der Waals surface area contributed by atoms with Crippen LogP contribution in [0.25, 0.3) is 0 Å². The van der Waals surface area contributed by atoms with E-state index in [1.807, 2.05) is 13.8 Å². The van der Waals surface area contributed by atoms with Crippen molar-refractivity contribution in [1.82, 2.24) is 0 Å². The molecule has 0 fully saturated rings. The van der Waals surface area contributed by atoms with Gasteiger partial charge in [-0.05, 0) is 17.5 Å². The van der Waals surface area contributed by atoms with Gasteiger partial charge >= 0.3 is 0 Å². The van der Waals surface area contributed by atoms with Gasteiger partial charge in [0.2, 0.25) is 0 Å². The molecule has 0 heterocycles. The second-order valence-electron chi connectivity index (χ2n) is 4.02. The number of nitrogens with two attached hydrogens (primary N) is 1. The maximum atomic E-state index is 13.6. The minimum Gasteiger partial charge on any atom is -0.496 e. The van der Waals surface area contributed by atoms with Crippen molar-refractivity contribution < 1.29 is 14.2 Å². The summed E-state index contributed by atoms with van der Waals surface area (Å²) < 4.78 is 18.7. The lowest BCUT2D eigenvalue weighted by atomic mass is 9.97. The minimum atomic E-state index is -0.826. The lowest BCUT2D eigenvalue weighted by Gasteiger charge is -2.17. The number of aliphatic hydroxyl groups is 1. The van der Waals surface area contributed by atoms with Crippen molar-refractivity contribution in [1.29, 1.82) is 0 Å². The lowest BCUT2D eigenvalue weighted by molar-refractivity contribution is 0.181. The molecule has 0 aliphatic heterocycles. The average molecular weight is 227 g/mol. The van der Waals surface area contributed by atoms with Gasteiger partial charge in [-0.25, -0.2) is 4.39 Å². The maximum absolute atomic E-state index is 13.6. The number of halogens is 1. The Bertz CT molecular complexity index is 366. The summed E-state index contributed by atoms with van der Waals surface area (Å²) >= 11 is 0. The molecular weight excluding hydrogens is 209 g/mol. The van der Waals surface area contributed by atoms with Crippen LogP contribution in [0.2, 0.25) is 0 Å². The van der Waals surface area contributed by atoms with E-state index in [4.69, 9.17) is 10.5 Å². The Hall–Kier alpha value is -1.13. The zero-order chi connectivity index (χ0) is 12.3. The Labute approximate surface area is 95.0 Å². The topological polar surface area (TPSA) is 55.5 Å². The molecule has 0 radical (unpaired) electrons. The number of methoxy groups -OCH3 is 1. The SMILES string of the molecule is COc1cc(F)c(C(C)C)cc1C(O)CN. The molecule has 0 spiro atoms. The Balaban J connectivity index is 3.28. The van der Waals surface area contributed by atoms with E-state index in [-0.39, 0.29) is 18.3 Å². The van der Waals surface area contributed by atoms with Crippen LogP contribution in [0.1, 0.15) is 37.0 Å². The van der Waals surface area contributed by atoms with Crippen molar-refractivity contribution in [3.8, 4) is 5.75 Å². The number of benzene rings is 1. The summed E-state index contributed by atoms with van der Waals surface area (Å²) in [5, 5.41) is 9.71. The molecule has 3 nitrogen and oxygen atoms in total. The second-order valence-corrected chi connectivity index (χ2v) is 4.02. The monoisotopic (exact) mass is 227 g/mol. The van der Waals surface area contributed by atoms with E-state index in [0.717, 1.165) is 0 Å². The third-order valence-electron chi connectivity index (χ3n) is 2.55.